The molecule has 0 atom stereocenters. The van der Waals surface area contributed by atoms with E-state index in [0.29, 0.717) is 0 Å². The highest BCUT2D eigenvalue weighted by atomic mass is 15.5. The fraction of sp³-hybridized carbons (Fsp3) is 0.316. The molecule has 5 nitrogen and oxygen atoms in total. The smallest absolute Gasteiger partial charge is 0.175 e. The largest absolute Gasteiger partial charge is 0.364 e. The van der Waals surface area contributed by atoms with Crippen LogP contribution in [0.1, 0.15) is 29.8 Å². The van der Waals surface area contributed by atoms with Crippen molar-refractivity contribution in [2.24, 2.45) is 0 Å². The van der Waals surface area contributed by atoms with E-state index in [4.69, 9.17) is 0 Å². The fourth-order valence-electron chi connectivity index (χ4n) is 3.33. The van der Waals surface area contributed by atoms with Gasteiger partial charge in [0, 0.05) is 12.2 Å². The van der Waals surface area contributed by atoms with E-state index in [2.05, 4.69) is 45.5 Å². The van der Waals surface area contributed by atoms with Crippen LogP contribution in [0, 0.1) is 6.92 Å². The number of anilines is 1. The Kier molecular flexibility index (Phi) is 3.99. The molecule has 0 aliphatic carbocycles. The number of benzene rings is 2. The molecule has 0 spiro atoms. The standard InChI is InChI=1S/C19H21N5/c1-15-10-11-16-7-5-6-12-23(18(16)13-15)14-19-20-21-22-24(19)17-8-3-2-4-9-17/h2-4,8-11,13H,5-7,12,14H2,1H3. The number of nitrogens with zero attached hydrogens (tertiary/aromatic N) is 5. The van der Waals surface area contributed by atoms with Gasteiger partial charge in [-0.1, -0.05) is 30.3 Å². The molecule has 2 aromatic carbocycles. The van der Waals surface area contributed by atoms with E-state index in [1.807, 2.05) is 35.0 Å². The molecule has 0 bridgehead atoms. The number of aryl methyl sites for hydroxylation is 2. The van der Waals surface area contributed by atoms with Gasteiger partial charge in [-0.15, -0.1) is 5.10 Å². The van der Waals surface area contributed by atoms with Gasteiger partial charge in [0.05, 0.1) is 12.2 Å². The average molecular weight is 319 g/mol. The van der Waals surface area contributed by atoms with Gasteiger partial charge in [-0.2, -0.15) is 4.68 Å². The number of aromatic nitrogens is 4. The number of rotatable bonds is 3. The molecule has 0 saturated heterocycles. The van der Waals surface area contributed by atoms with Gasteiger partial charge >= 0.3 is 0 Å². The van der Waals surface area contributed by atoms with Gasteiger partial charge in [0.2, 0.25) is 0 Å². The van der Waals surface area contributed by atoms with Crippen molar-refractivity contribution in [3.05, 3.63) is 65.5 Å². The zero-order valence-corrected chi connectivity index (χ0v) is 13.9. The van der Waals surface area contributed by atoms with Crippen LogP contribution >= 0.6 is 0 Å². The van der Waals surface area contributed by atoms with Gasteiger partial charge in [-0.3, -0.25) is 0 Å². The number of tetrazole rings is 1. The van der Waals surface area contributed by atoms with Crippen molar-refractivity contribution in [2.45, 2.75) is 32.7 Å². The zero-order chi connectivity index (χ0) is 16.4. The SMILES string of the molecule is Cc1ccc2c(c1)N(Cc1nnnn1-c1ccccc1)CCCC2. The Morgan fingerprint density at radius 3 is 2.79 bits per heavy atom. The van der Waals surface area contributed by atoms with Crippen LogP contribution in [0.2, 0.25) is 0 Å². The van der Waals surface area contributed by atoms with E-state index >= 15 is 0 Å². The minimum absolute atomic E-state index is 0.721. The molecule has 4 rings (SSSR count). The molecule has 24 heavy (non-hydrogen) atoms. The van der Waals surface area contributed by atoms with Gasteiger partial charge in [-0.05, 0) is 65.9 Å². The second-order valence-electron chi connectivity index (χ2n) is 6.35. The summed E-state index contributed by atoms with van der Waals surface area (Å²) in [4.78, 5) is 2.42. The summed E-state index contributed by atoms with van der Waals surface area (Å²) in [6.45, 7) is 3.91. The van der Waals surface area contributed by atoms with Crippen LogP contribution in [0.5, 0.6) is 0 Å². The quantitative estimate of drug-likeness (QED) is 0.743. The first-order valence-electron chi connectivity index (χ1n) is 8.48. The van der Waals surface area contributed by atoms with Gasteiger partial charge in [0.15, 0.2) is 5.82 Å². The topological polar surface area (TPSA) is 46.8 Å². The molecule has 0 radical (unpaired) electrons. The lowest BCUT2D eigenvalue weighted by molar-refractivity contribution is 0.682. The Bertz CT molecular complexity index is 825. The summed E-state index contributed by atoms with van der Waals surface area (Å²) in [6, 6.07) is 16.8. The van der Waals surface area contributed by atoms with Crippen LogP contribution in [0.25, 0.3) is 5.69 Å². The maximum atomic E-state index is 4.27. The Morgan fingerprint density at radius 1 is 1.04 bits per heavy atom. The number of fused-ring (bicyclic) bond motifs is 1. The second-order valence-corrected chi connectivity index (χ2v) is 6.35. The van der Waals surface area contributed by atoms with E-state index in [1.165, 1.54) is 29.7 Å². The molecule has 0 N–H and O–H groups in total. The third-order valence-corrected chi connectivity index (χ3v) is 4.57. The van der Waals surface area contributed by atoms with Crippen molar-refractivity contribution in [3.63, 3.8) is 0 Å². The molecule has 2 heterocycles. The summed E-state index contributed by atoms with van der Waals surface area (Å²) in [5, 5.41) is 12.3. The third-order valence-electron chi connectivity index (χ3n) is 4.57. The third kappa shape index (κ3) is 2.89. The average Bonchev–Trinajstić information content (AvgIpc) is 2.98. The van der Waals surface area contributed by atoms with Crippen molar-refractivity contribution in [1.82, 2.24) is 20.2 Å². The lowest BCUT2D eigenvalue weighted by Crippen LogP contribution is -2.25. The van der Waals surface area contributed by atoms with E-state index in [1.54, 1.807) is 0 Å². The molecule has 122 valence electrons. The molecule has 1 aliphatic heterocycles. The Balaban J connectivity index is 1.67. The molecule has 0 amide bonds. The Morgan fingerprint density at radius 2 is 1.92 bits per heavy atom. The fourth-order valence-corrected chi connectivity index (χ4v) is 3.33. The number of para-hydroxylation sites is 1. The highest BCUT2D eigenvalue weighted by Crippen LogP contribution is 2.28. The summed E-state index contributed by atoms with van der Waals surface area (Å²) in [7, 11) is 0. The zero-order valence-electron chi connectivity index (χ0n) is 13.9. The molecule has 5 heteroatoms. The normalized spacial score (nSPS) is 14.3. The van der Waals surface area contributed by atoms with Crippen molar-refractivity contribution < 1.29 is 0 Å². The van der Waals surface area contributed by atoms with Gasteiger partial charge in [0.1, 0.15) is 0 Å². The molecule has 3 aromatic rings. The highest BCUT2D eigenvalue weighted by molar-refractivity contribution is 5.56. The first-order valence-corrected chi connectivity index (χ1v) is 8.48. The van der Waals surface area contributed by atoms with Crippen molar-refractivity contribution >= 4 is 5.69 Å². The van der Waals surface area contributed by atoms with Crippen LogP contribution in [-0.2, 0) is 13.0 Å². The van der Waals surface area contributed by atoms with E-state index in [9.17, 15) is 0 Å². The second kappa shape index (κ2) is 6.43. The highest BCUT2D eigenvalue weighted by Gasteiger charge is 2.19. The summed E-state index contributed by atoms with van der Waals surface area (Å²) in [5.74, 6) is 0.871. The van der Waals surface area contributed by atoms with Gasteiger partial charge in [0.25, 0.3) is 0 Å². The van der Waals surface area contributed by atoms with E-state index < -0.39 is 0 Å². The maximum absolute atomic E-state index is 4.27. The van der Waals surface area contributed by atoms with Crippen molar-refractivity contribution in [1.29, 1.82) is 0 Å². The van der Waals surface area contributed by atoms with Gasteiger partial charge < -0.3 is 4.90 Å². The lowest BCUT2D eigenvalue weighted by atomic mass is 10.1. The van der Waals surface area contributed by atoms with Crippen LogP contribution in [0.4, 0.5) is 5.69 Å². The minimum atomic E-state index is 0.721. The molecule has 0 unspecified atom stereocenters. The summed E-state index contributed by atoms with van der Waals surface area (Å²) >= 11 is 0. The predicted octanol–water partition coefficient (Wildman–Crippen LogP) is 3.31. The summed E-state index contributed by atoms with van der Waals surface area (Å²) < 4.78 is 1.83. The molecule has 1 aromatic heterocycles. The summed E-state index contributed by atoms with van der Waals surface area (Å²) in [6.07, 6.45) is 3.58. The van der Waals surface area contributed by atoms with Crippen LogP contribution in [0.3, 0.4) is 0 Å². The lowest BCUT2D eigenvalue weighted by Gasteiger charge is -2.24. The van der Waals surface area contributed by atoms with Crippen LogP contribution in [-0.4, -0.2) is 26.8 Å². The van der Waals surface area contributed by atoms with Crippen molar-refractivity contribution in [2.75, 3.05) is 11.4 Å². The molecule has 0 fully saturated rings. The predicted molar refractivity (Wildman–Crippen MR) is 94.3 cm³/mol. The first-order chi connectivity index (χ1) is 11.8. The molecular weight excluding hydrogens is 298 g/mol. The van der Waals surface area contributed by atoms with Crippen molar-refractivity contribution in [3.8, 4) is 5.69 Å². The Hall–Kier alpha value is -2.69. The maximum Gasteiger partial charge on any atom is 0.175 e. The number of hydrogen-bond donors (Lipinski definition) is 0. The van der Waals surface area contributed by atoms with Crippen LogP contribution in [0.15, 0.2) is 48.5 Å². The van der Waals surface area contributed by atoms with Crippen LogP contribution < -0.4 is 4.90 Å². The molecular formula is C19H21N5. The molecule has 0 saturated carbocycles. The monoisotopic (exact) mass is 319 g/mol. The summed E-state index contributed by atoms with van der Waals surface area (Å²) in [5.41, 5.74) is 5.05. The Labute approximate surface area is 141 Å². The number of hydrogen-bond acceptors (Lipinski definition) is 4. The van der Waals surface area contributed by atoms with E-state index in [-0.39, 0.29) is 0 Å². The van der Waals surface area contributed by atoms with E-state index in [0.717, 1.165) is 31.0 Å². The first kappa shape index (κ1) is 14.9. The molecule has 1 aliphatic rings. The minimum Gasteiger partial charge on any atom is -0.364 e. The van der Waals surface area contributed by atoms with Gasteiger partial charge in [-0.25, -0.2) is 0 Å².